The number of aliphatic hydroxyl groups excluding tert-OH is 3. The lowest BCUT2D eigenvalue weighted by molar-refractivity contribution is -0.112. The first-order valence-electron chi connectivity index (χ1n) is 11.7. The van der Waals surface area contributed by atoms with Crippen LogP contribution < -0.4 is 15.1 Å². The van der Waals surface area contributed by atoms with Gasteiger partial charge in [0.1, 0.15) is 23.3 Å². The minimum atomic E-state index is -1.51. The number of esters is 1. The predicted molar refractivity (Wildman–Crippen MR) is 126 cm³/mol. The summed E-state index contributed by atoms with van der Waals surface area (Å²) in [5, 5.41) is 63.7. The van der Waals surface area contributed by atoms with Crippen LogP contribution in [0.3, 0.4) is 0 Å². The third kappa shape index (κ3) is 3.20. The molecule has 3 atom stereocenters. The van der Waals surface area contributed by atoms with Crippen LogP contribution >= 0.6 is 0 Å². The molecule has 3 aromatic rings. The molecule has 1 aromatic heterocycles. The van der Waals surface area contributed by atoms with E-state index in [1.54, 1.807) is 6.07 Å². The molecule has 2 unspecified atom stereocenters. The molecule has 0 saturated carbocycles. The van der Waals surface area contributed by atoms with Crippen LogP contribution in [0.25, 0.3) is 10.8 Å². The second kappa shape index (κ2) is 8.12. The van der Waals surface area contributed by atoms with Crippen LogP contribution in [0, 0.1) is 0 Å². The Balaban J connectivity index is 1.43. The molecule has 12 heteroatoms. The Bertz CT molecular complexity index is 1630. The van der Waals surface area contributed by atoms with E-state index >= 15 is 0 Å². The Morgan fingerprint density at radius 1 is 1.08 bits per heavy atom. The first kappa shape index (κ1) is 24.1. The number of fused-ring (bicyclic) bond motifs is 4. The van der Waals surface area contributed by atoms with Gasteiger partial charge in [0.25, 0.3) is 5.79 Å². The number of methoxy groups -OCH3 is 1. The molecule has 38 heavy (non-hydrogen) atoms. The number of phenols is 3. The van der Waals surface area contributed by atoms with Gasteiger partial charge in [-0.15, -0.1) is 0 Å². The smallest absolute Gasteiger partial charge is 0.374 e. The lowest BCUT2D eigenvalue weighted by Crippen LogP contribution is -2.44. The molecule has 0 amide bonds. The number of aliphatic hydroxyl groups is 3. The summed E-state index contributed by atoms with van der Waals surface area (Å²) in [7, 11) is 1.14. The molecule has 1 spiro atoms. The Morgan fingerprint density at radius 2 is 1.82 bits per heavy atom. The van der Waals surface area contributed by atoms with Crippen molar-refractivity contribution in [3.8, 4) is 28.7 Å². The summed E-state index contributed by atoms with van der Waals surface area (Å²) in [6, 6.07) is 2.85. The maximum atomic E-state index is 12.6. The van der Waals surface area contributed by atoms with Crippen molar-refractivity contribution in [3.05, 3.63) is 62.2 Å². The molecule has 0 saturated heterocycles. The topological polar surface area (TPSA) is 196 Å². The van der Waals surface area contributed by atoms with Crippen LogP contribution in [0.5, 0.6) is 28.7 Å². The standard InChI is InChI=1S/C26H22O12/c1-35-24(33)14-6-10-4-9-2-3-26(37-22(9)20(31)15(10)25(34)36-14)7-12-19(30)16-13(28)5-11(8-27)18(29)17(16)21(32)23(12)38-26/h4-6,13,18,27-32H,2-3,7-8H2,1H3/t13?,18?,26-/m0/s1. The molecule has 198 valence electrons. The maximum Gasteiger partial charge on any atom is 0.374 e. The van der Waals surface area contributed by atoms with Crippen molar-refractivity contribution in [2.75, 3.05) is 13.7 Å². The van der Waals surface area contributed by atoms with E-state index in [1.807, 2.05) is 0 Å². The van der Waals surface area contributed by atoms with Crippen molar-refractivity contribution < 1.29 is 54.1 Å². The lowest BCUT2D eigenvalue weighted by Gasteiger charge is -2.35. The second-order valence-electron chi connectivity index (χ2n) is 9.44. The number of hydrogen-bond donors (Lipinski definition) is 6. The summed E-state index contributed by atoms with van der Waals surface area (Å²) in [6.45, 7) is -0.581. The van der Waals surface area contributed by atoms with E-state index in [0.717, 1.165) is 7.11 Å². The SMILES string of the molecule is COC(=O)c1cc2cc3c(c(O)c2c(=O)o1)O[C@]1(CC3)Cc2c(O)c3c(c(O)c2O1)C(O)C(CO)=CC3O. The van der Waals surface area contributed by atoms with Gasteiger partial charge in [0.2, 0.25) is 5.76 Å². The Hall–Kier alpha value is -4.26. The number of rotatable bonds is 2. The highest BCUT2D eigenvalue weighted by atomic mass is 16.7. The van der Waals surface area contributed by atoms with Gasteiger partial charge in [-0.05, 0) is 41.2 Å². The van der Waals surface area contributed by atoms with Crippen molar-refractivity contribution in [1.29, 1.82) is 0 Å². The quantitative estimate of drug-likeness (QED) is 0.160. The Kier molecular flexibility index (Phi) is 5.15. The molecular formula is C26H22O12. The van der Waals surface area contributed by atoms with Gasteiger partial charge in [-0.25, -0.2) is 9.59 Å². The first-order valence-corrected chi connectivity index (χ1v) is 11.7. The van der Waals surface area contributed by atoms with Crippen LogP contribution in [0.1, 0.15) is 51.4 Å². The third-order valence-corrected chi connectivity index (χ3v) is 7.29. The first-order chi connectivity index (χ1) is 18.1. The van der Waals surface area contributed by atoms with Crippen molar-refractivity contribution in [1.82, 2.24) is 0 Å². The molecule has 0 fully saturated rings. The molecular weight excluding hydrogens is 504 g/mol. The monoisotopic (exact) mass is 526 g/mol. The number of aromatic hydroxyl groups is 3. The van der Waals surface area contributed by atoms with E-state index in [1.165, 1.54) is 12.1 Å². The highest BCUT2D eigenvalue weighted by Crippen LogP contribution is 2.57. The highest BCUT2D eigenvalue weighted by molar-refractivity contribution is 5.95. The van der Waals surface area contributed by atoms with Gasteiger partial charge in [0.05, 0.1) is 20.1 Å². The largest absolute Gasteiger partial charge is 0.507 e. The van der Waals surface area contributed by atoms with Crippen LogP contribution in [0.4, 0.5) is 0 Å². The molecule has 12 nitrogen and oxygen atoms in total. The third-order valence-electron chi connectivity index (χ3n) is 7.29. The summed E-state index contributed by atoms with van der Waals surface area (Å²) in [5.74, 6) is -4.38. The number of benzene rings is 2. The zero-order valence-corrected chi connectivity index (χ0v) is 19.8. The molecule has 3 aliphatic rings. The molecule has 3 heterocycles. The maximum absolute atomic E-state index is 12.6. The number of aryl methyl sites for hydroxylation is 1. The van der Waals surface area contributed by atoms with E-state index in [0.29, 0.717) is 5.56 Å². The van der Waals surface area contributed by atoms with Crippen LogP contribution in [-0.2, 0) is 17.6 Å². The van der Waals surface area contributed by atoms with E-state index < -0.39 is 53.4 Å². The minimum Gasteiger partial charge on any atom is -0.507 e. The lowest BCUT2D eigenvalue weighted by atomic mass is 9.83. The summed E-state index contributed by atoms with van der Waals surface area (Å²) in [4.78, 5) is 24.4. The van der Waals surface area contributed by atoms with Gasteiger partial charge in [-0.2, -0.15) is 0 Å². The molecule has 6 N–H and O–H groups in total. The Morgan fingerprint density at radius 3 is 2.53 bits per heavy atom. The molecule has 6 rings (SSSR count). The van der Waals surface area contributed by atoms with E-state index in [9.17, 15) is 40.2 Å². The fraction of sp³-hybridized carbons (Fsp3) is 0.308. The molecule has 0 radical (unpaired) electrons. The van der Waals surface area contributed by atoms with Gasteiger partial charge < -0.3 is 49.3 Å². The number of carbonyl (C=O) groups is 1. The summed E-state index contributed by atoms with van der Waals surface area (Å²) < 4.78 is 21.7. The van der Waals surface area contributed by atoms with Crippen LogP contribution in [0.2, 0.25) is 0 Å². The molecule has 2 aliphatic heterocycles. The number of carbonyl (C=O) groups excluding carboxylic acids is 1. The average molecular weight is 526 g/mol. The minimum absolute atomic E-state index is 0.0428. The Labute approximate surface area is 213 Å². The highest BCUT2D eigenvalue weighted by Gasteiger charge is 2.50. The molecule has 1 aliphatic carbocycles. The van der Waals surface area contributed by atoms with E-state index in [2.05, 4.69) is 4.74 Å². The van der Waals surface area contributed by atoms with Gasteiger partial charge in [-0.3, -0.25) is 0 Å². The van der Waals surface area contributed by atoms with Crippen molar-refractivity contribution >= 4 is 16.7 Å². The summed E-state index contributed by atoms with van der Waals surface area (Å²) in [6.07, 6.45) is -1.32. The number of phenolic OH excluding ortho intramolecular Hbond substituents is 3. The number of hydrogen-bond acceptors (Lipinski definition) is 12. The van der Waals surface area contributed by atoms with Crippen molar-refractivity contribution in [2.24, 2.45) is 0 Å². The van der Waals surface area contributed by atoms with Gasteiger partial charge >= 0.3 is 11.6 Å². The normalized spacial score (nSPS) is 23.2. The van der Waals surface area contributed by atoms with Gasteiger partial charge in [-0.1, -0.05) is 0 Å². The zero-order chi connectivity index (χ0) is 27.1. The van der Waals surface area contributed by atoms with Gasteiger partial charge in [0.15, 0.2) is 23.0 Å². The fourth-order valence-electron chi connectivity index (χ4n) is 5.47. The second-order valence-corrected chi connectivity index (χ2v) is 9.44. The fourth-order valence-corrected chi connectivity index (χ4v) is 5.47. The average Bonchev–Trinajstić information content (AvgIpc) is 3.27. The van der Waals surface area contributed by atoms with E-state index in [-0.39, 0.29) is 69.6 Å². The van der Waals surface area contributed by atoms with E-state index in [4.69, 9.17) is 13.9 Å². The number of ether oxygens (including phenoxy) is 3. The zero-order valence-electron chi connectivity index (χ0n) is 19.8. The van der Waals surface area contributed by atoms with Crippen molar-refractivity contribution in [3.63, 3.8) is 0 Å². The summed E-state index contributed by atoms with van der Waals surface area (Å²) >= 11 is 0. The molecule has 2 aromatic carbocycles. The van der Waals surface area contributed by atoms with Crippen LogP contribution in [-0.4, -0.2) is 56.1 Å². The van der Waals surface area contributed by atoms with Gasteiger partial charge in [0, 0.05) is 23.1 Å². The van der Waals surface area contributed by atoms with Crippen LogP contribution in [0.15, 0.2) is 33.0 Å². The van der Waals surface area contributed by atoms with Crippen molar-refractivity contribution in [2.45, 2.75) is 37.3 Å². The predicted octanol–water partition coefficient (Wildman–Crippen LogP) is 1.35. The summed E-state index contributed by atoms with van der Waals surface area (Å²) in [5.41, 5.74) is -0.616. The molecule has 0 bridgehead atoms.